The minimum Gasteiger partial charge on any atom is -0.340 e. The summed E-state index contributed by atoms with van der Waals surface area (Å²) in [6.07, 6.45) is 1.78. The summed E-state index contributed by atoms with van der Waals surface area (Å²) in [5.41, 5.74) is 2.61. The summed E-state index contributed by atoms with van der Waals surface area (Å²) in [4.78, 5) is 22.6. The Morgan fingerprint density at radius 3 is 2.76 bits per heavy atom. The largest absolute Gasteiger partial charge is 0.340 e. The van der Waals surface area contributed by atoms with E-state index in [-0.39, 0.29) is 5.91 Å². The number of imidazole rings is 1. The summed E-state index contributed by atoms with van der Waals surface area (Å²) in [6, 6.07) is 15.1. The van der Waals surface area contributed by atoms with E-state index in [1.54, 1.807) is 17.0 Å². The van der Waals surface area contributed by atoms with E-state index in [1.165, 1.54) is 11.8 Å². The molecule has 1 N–H and O–H groups in total. The summed E-state index contributed by atoms with van der Waals surface area (Å²) in [5, 5.41) is 0.602. The maximum atomic E-state index is 12.7. The van der Waals surface area contributed by atoms with Crippen molar-refractivity contribution in [3.63, 3.8) is 0 Å². The molecule has 0 saturated carbocycles. The molecule has 1 aromatic heterocycles. The first-order chi connectivity index (χ1) is 12.1. The molecule has 1 amide bonds. The molecule has 1 aliphatic rings. The second-order valence-electron chi connectivity index (χ2n) is 5.49. The quantitative estimate of drug-likeness (QED) is 0.528. The number of thiocarbonyl (C=S) groups is 1. The number of nitrogens with one attached hydrogen (secondary N) is 1. The number of aromatic amines is 1. The second kappa shape index (κ2) is 6.63. The first-order valence-corrected chi connectivity index (χ1v) is 9.15. The van der Waals surface area contributed by atoms with E-state index in [4.69, 9.17) is 23.8 Å². The number of halogens is 1. The summed E-state index contributed by atoms with van der Waals surface area (Å²) in [7, 11) is 0. The molecular formula is C18H12ClN3OS2. The van der Waals surface area contributed by atoms with Gasteiger partial charge in [-0.05, 0) is 29.8 Å². The fourth-order valence-electron chi connectivity index (χ4n) is 2.60. The fraction of sp³-hybridized carbons (Fsp3) is 0.0556. The van der Waals surface area contributed by atoms with Gasteiger partial charge in [0, 0.05) is 5.02 Å². The zero-order valence-electron chi connectivity index (χ0n) is 12.9. The maximum absolute atomic E-state index is 12.7. The van der Waals surface area contributed by atoms with Crippen molar-refractivity contribution in [3.8, 4) is 0 Å². The van der Waals surface area contributed by atoms with Gasteiger partial charge in [0.15, 0.2) is 0 Å². The second-order valence-corrected chi connectivity index (χ2v) is 7.57. The number of carbonyl (C=O) groups excluding carboxylic acids is 1. The molecular weight excluding hydrogens is 374 g/mol. The molecule has 1 saturated heterocycles. The number of H-pyrrole nitrogens is 1. The van der Waals surface area contributed by atoms with Crippen LogP contribution in [0.2, 0.25) is 5.02 Å². The molecule has 0 radical (unpaired) electrons. The van der Waals surface area contributed by atoms with Crippen molar-refractivity contribution in [3.05, 3.63) is 69.8 Å². The third-order valence-corrected chi connectivity index (χ3v) is 5.53. The average molecular weight is 386 g/mol. The summed E-state index contributed by atoms with van der Waals surface area (Å²) in [6.45, 7) is 0.319. The van der Waals surface area contributed by atoms with Crippen LogP contribution >= 0.6 is 35.6 Å². The average Bonchev–Trinajstić information content (AvgIpc) is 3.13. The van der Waals surface area contributed by atoms with Gasteiger partial charge in [-0.2, -0.15) is 0 Å². The van der Waals surface area contributed by atoms with Crippen LogP contribution in [0.5, 0.6) is 0 Å². The number of nitrogens with zero attached hydrogens (tertiary/aromatic N) is 2. The molecule has 3 aromatic rings. The molecule has 124 valence electrons. The van der Waals surface area contributed by atoms with Crippen LogP contribution in [0.15, 0.2) is 53.4 Å². The molecule has 25 heavy (non-hydrogen) atoms. The minimum absolute atomic E-state index is 0.129. The van der Waals surface area contributed by atoms with Crippen LogP contribution in [-0.2, 0) is 11.3 Å². The van der Waals surface area contributed by atoms with Crippen molar-refractivity contribution in [1.82, 2.24) is 14.9 Å². The van der Waals surface area contributed by atoms with Gasteiger partial charge in [0.1, 0.15) is 10.1 Å². The summed E-state index contributed by atoms with van der Waals surface area (Å²) < 4.78 is 0.517. The van der Waals surface area contributed by atoms with E-state index in [9.17, 15) is 4.79 Å². The van der Waals surface area contributed by atoms with Gasteiger partial charge in [0.25, 0.3) is 5.91 Å². The van der Waals surface area contributed by atoms with Crippen LogP contribution in [0.25, 0.3) is 17.1 Å². The standard InChI is InChI=1S/C18H12ClN3OS2/c19-12-6-2-1-5-11(12)9-15-17(23)22(18(24)25-15)10-16-20-13-7-3-4-8-14(13)21-16/h1-9H,10H2,(H,20,21)/b15-9-. The summed E-state index contributed by atoms with van der Waals surface area (Å²) in [5.74, 6) is 0.576. The molecule has 0 aliphatic carbocycles. The van der Waals surface area contributed by atoms with Crippen LogP contribution in [0, 0.1) is 0 Å². The van der Waals surface area contributed by atoms with E-state index >= 15 is 0 Å². The number of carbonyl (C=O) groups is 1. The first-order valence-electron chi connectivity index (χ1n) is 7.55. The normalized spacial score (nSPS) is 16.4. The number of para-hydroxylation sites is 2. The van der Waals surface area contributed by atoms with Crippen molar-refractivity contribution in [2.75, 3.05) is 0 Å². The van der Waals surface area contributed by atoms with Crippen molar-refractivity contribution in [2.24, 2.45) is 0 Å². The Balaban J connectivity index is 1.60. The van der Waals surface area contributed by atoms with E-state index in [1.807, 2.05) is 42.5 Å². The Labute approximate surface area is 158 Å². The van der Waals surface area contributed by atoms with E-state index < -0.39 is 0 Å². The fourth-order valence-corrected chi connectivity index (χ4v) is 4.04. The van der Waals surface area contributed by atoms with Crippen LogP contribution in [-0.4, -0.2) is 25.1 Å². The molecule has 7 heteroatoms. The van der Waals surface area contributed by atoms with E-state index in [0.717, 1.165) is 16.6 Å². The first kappa shape index (κ1) is 16.3. The van der Waals surface area contributed by atoms with Crippen molar-refractivity contribution >= 4 is 62.9 Å². The van der Waals surface area contributed by atoms with Gasteiger partial charge in [-0.3, -0.25) is 9.69 Å². The van der Waals surface area contributed by atoms with E-state index in [0.29, 0.717) is 26.6 Å². The molecule has 0 unspecified atom stereocenters. The molecule has 0 bridgehead atoms. The lowest BCUT2D eigenvalue weighted by molar-refractivity contribution is -0.122. The predicted molar refractivity (Wildman–Crippen MR) is 106 cm³/mol. The molecule has 2 aromatic carbocycles. The number of rotatable bonds is 3. The maximum Gasteiger partial charge on any atom is 0.266 e. The number of benzene rings is 2. The molecule has 4 rings (SSSR count). The third-order valence-electron chi connectivity index (χ3n) is 3.81. The monoisotopic (exact) mass is 385 g/mol. The zero-order chi connectivity index (χ0) is 17.4. The Morgan fingerprint density at radius 1 is 1.20 bits per heavy atom. The van der Waals surface area contributed by atoms with Crippen molar-refractivity contribution in [2.45, 2.75) is 6.54 Å². The van der Waals surface area contributed by atoms with Crippen LogP contribution in [0.1, 0.15) is 11.4 Å². The SMILES string of the molecule is O=C1/C(=C/c2ccccc2Cl)SC(=S)N1Cc1nc2ccccc2[nH]1. The Bertz CT molecular complexity index is 995. The Hall–Kier alpha value is -2.15. The van der Waals surface area contributed by atoms with Gasteiger partial charge < -0.3 is 4.98 Å². The lowest BCUT2D eigenvalue weighted by Crippen LogP contribution is -2.27. The lowest BCUT2D eigenvalue weighted by atomic mass is 10.2. The van der Waals surface area contributed by atoms with Crippen LogP contribution < -0.4 is 0 Å². The lowest BCUT2D eigenvalue weighted by Gasteiger charge is -2.12. The molecule has 2 heterocycles. The number of aromatic nitrogens is 2. The molecule has 0 spiro atoms. The molecule has 1 fully saturated rings. The van der Waals surface area contributed by atoms with Crippen molar-refractivity contribution in [1.29, 1.82) is 0 Å². The van der Waals surface area contributed by atoms with Crippen LogP contribution in [0.4, 0.5) is 0 Å². The summed E-state index contributed by atoms with van der Waals surface area (Å²) >= 11 is 12.8. The van der Waals surface area contributed by atoms with Crippen LogP contribution in [0.3, 0.4) is 0 Å². The van der Waals surface area contributed by atoms with Gasteiger partial charge in [-0.15, -0.1) is 0 Å². The highest BCUT2D eigenvalue weighted by molar-refractivity contribution is 8.26. The number of amides is 1. The highest BCUT2D eigenvalue weighted by Crippen LogP contribution is 2.34. The Kier molecular flexibility index (Phi) is 4.33. The van der Waals surface area contributed by atoms with Gasteiger partial charge in [-0.25, -0.2) is 4.98 Å². The third kappa shape index (κ3) is 3.20. The van der Waals surface area contributed by atoms with Gasteiger partial charge in [0.05, 0.1) is 22.5 Å². The molecule has 0 atom stereocenters. The molecule has 4 nitrogen and oxygen atoms in total. The highest BCUT2D eigenvalue weighted by Gasteiger charge is 2.32. The number of hydrogen-bond donors (Lipinski definition) is 1. The molecule has 1 aliphatic heterocycles. The Morgan fingerprint density at radius 2 is 1.96 bits per heavy atom. The van der Waals surface area contributed by atoms with Gasteiger partial charge in [-0.1, -0.05) is 65.9 Å². The van der Waals surface area contributed by atoms with Crippen molar-refractivity contribution < 1.29 is 4.79 Å². The minimum atomic E-state index is -0.129. The van der Waals surface area contributed by atoms with Gasteiger partial charge >= 0.3 is 0 Å². The zero-order valence-corrected chi connectivity index (χ0v) is 15.3. The number of hydrogen-bond acceptors (Lipinski definition) is 4. The van der Waals surface area contributed by atoms with Gasteiger partial charge in [0.2, 0.25) is 0 Å². The smallest absolute Gasteiger partial charge is 0.266 e. The number of fused-ring (bicyclic) bond motifs is 1. The topological polar surface area (TPSA) is 49.0 Å². The highest BCUT2D eigenvalue weighted by atomic mass is 35.5. The predicted octanol–water partition coefficient (Wildman–Crippen LogP) is 4.62. The van der Waals surface area contributed by atoms with E-state index in [2.05, 4.69) is 9.97 Å². The number of thioether (sulfide) groups is 1.